The van der Waals surface area contributed by atoms with Crippen LogP contribution in [0.4, 0.5) is 5.69 Å². The molecule has 2 aliphatic rings. The van der Waals surface area contributed by atoms with Gasteiger partial charge in [-0.15, -0.1) is 0 Å². The van der Waals surface area contributed by atoms with Gasteiger partial charge in [0.15, 0.2) is 0 Å². The molecular weight excluding hydrogens is 482 g/mol. The highest BCUT2D eigenvalue weighted by Crippen LogP contribution is 2.37. The molecule has 0 spiro atoms. The second-order valence-corrected chi connectivity index (χ2v) is 10.7. The van der Waals surface area contributed by atoms with Crippen LogP contribution in [0.15, 0.2) is 97.1 Å². The molecule has 4 aromatic rings. The molecule has 0 bridgehead atoms. The lowest BCUT2D eigenvalue weighted by atomic mass is 10.0. The summed E-state index contributed by atoms with van der Waals surface area (Å²) in [5.41, 5.74) is 5.39. The van der Waals surface area contributed by atoms with E-state index in [2.05, 4.69) is 29.6 Å². The first-order chi connectivity index (χ1) is 19.2. The fourth-order valence-corrected chi connectivity index (χ4v) is 5.75. The minimum atomic E-state index is -0.150. The zero-order chi connectivity index (χ0) is 26.4. The summed E-state index contributed by atoms with van der Waals surface area (Å²) in [6.45, 7) is 0. The molecule has 39 heavy (non-hydrogen) atoms. The van der Waals surface area contributed by atoms with Gasteiger partial charge in [-0.05, 0) is 98.9 Å². The number of nitrogens with one attached hydrogen (secondary N) is 1. The number of benzene rings is 4. The van der Waals surface area contributed by atoms with Crippen molar-refractivity contribution in [2.75, 3.05) is 5.32 Å². The summed E-state index contributed by atoms with van der Waals surface area (Å²) in [6, 6.07) is 32.1. The predicted octanol–water partition coefficient (Wildman–Crippen LogP) is 8.92. The van der Waals surface area contributed by atoms with E-state index in [1.54, 1.807) is 0 Å². The molecule has 0 unspecified atom stereocenters. The Morgan fingerprint density at radius 1 is 0.590 bits per heavy atom. The highest BCUT2D eigenvalue weighted by atomic mass is 16.5. The number of rotatable bonds is 8. The summed E-state index contributed by atoms with van der Waals surface area (Å²) < 4.78 is 12.8. The molecule has 0 atom stereocenters. The van der Waals surface area contributed by atoms with Gasteiger partial charge in [0.05, 0.1) is 12.2 Å². The Bertz CT molecular complexity index is 1400. The minimum absolute atomic E-state index is 0.150. The van der Waals surface area contributed by atoms with Crippen molar-refractivity contribution in [3.8, 4) is 33.8 Å². The van der Waals surface area contributed by atoms with Gasteiger partial charge in [-0.1, -0.05) is 60.7 Å². The first-order valence-electron chi connectivity index (χ1n) is 14.3. The van der Waals surface area contributed by atoms with Gasteiger partial charge in [0.25, 0.3) is 5.91 Å². The molecule has 0 heterocycles. The van der Waals surface area contributed by atoms with Gasteiger partial charge in [0, 0.05) is 22.4 Å². The molecule has 2 fully saturated rings. The van der Waals surface area contributed by atoms with Crippen LogP contribution in [0.5, 0.6) is 11.5 Å². The summed E-state index contributed by atoms with van der Waals surface area (Å²) in [5.74, 6) is 1.55. The third-order valence-corrected chi connectivity index (χ3v) is 7.84. The van der Waals surface area contributed by atoms with Crippen LogP contribution < -0.4 is 14.8 Å². The predicted molar refractivity (Wildman–Crippen MR) is 157 cm³/mol. The maximum absolute atomic E-state index is 13.5. The zero-order valence-electron chi connectivity index (χ0n) is 22.3. The maximum atomic E-state index is 13.5. The topological polar surface area (TPSA) is 47.6 Å². The average molecular weight is 518 g/mol. The van der Waals surface area contributed by atoms with Gasteiger partial charge in [-0.3, -0.25) is 4.79 Å². The van der Waals surface area contributed by atoms with Crippen LogP contribution in [0.1, 0.15) is 61.7 Å². The van der Waals surface area contributed by atoms with Gasteiger partial charge in [-0.25, -0.2) is 0 Å². The third kappa shape index (κ3) is 6.01. The Labute approximate surface area is 231 Å². The van der Waals surface area contributed by atoms with E-state index in [0.29, 0.717) is 5.56 Å². The van der Waals surface area contributed by atoms with Crippen LogP contribution in [0.25, 0.3) is 22.3 Å². The van der Waals surface area contributed by atoms with Crippen molar-refractivity contribution in [2.24, 2.45) is 0 Å². The van der Waals surface area contributed by atoms with Crippen LogP contribution in [0.2, 0.25) is 0 Å². The molecule has 0 aliphatic heterocycles. The number of anilines is 1. The van der Waals surface area contributed by atoms with Gasteiger partial charge < -0.3 is 14.8 Å². The standard InChI is InChI=1S/C35H35NO3/c37-35(27-19-21-33(38-29-15-7-8-16-29)31(23-27)25-11-3-1-4-12-25)36-28-20-22-34(39-30-17-9-10-18-30)32(24-28)26-13-5-2-6-14-26/h1-6,11-14,19-24,29-30H,7-10,15-18H2,(H,36,37). The Morgan fingerprint density at radius 2 is 1.08 bits per heavy atom. The second kappa shape index (κ2) is 11.8. The molecule has 4 nitrogen and oxygen atoms in total. The maximum Gasteiger partial charge on any atom is 0.255 e. The number of carbonyl (C=O) groups is 1. The molecule has 198 valence electrons. The minimum Gasteiger partial charge on any atom is -0.490 e. The van der Waals surface area contributed by atoms with E-state index in [0.717, 1.165) is 65.1 Å². The number of hydrogen-bond donors (Lipinski definition) is 1. The van der Waals surface area contributed by atoms with E-state index in [4.69, 9.17) is 9.47 Å². The van der Waals surface area contributed by atoms with Crippen LogP contribution in [-0.4, -0.2) is 18.1 Å². The van der Waals surface area contributed by atoms with Gasteiger partial charge >= 0.3 is 0 Å². The summed E-state index contributed by atoms with van der Waals surface area (Å²) in [6.07, 6.45) is 9.71. The molecule has 0 radical (unpaired) electrons. The quantitative estimate of drug-likeness (QED) is 0.254. The van der Waals surface area contributed by atoms with E-state index in [9.17, 15) is 4.79 Å². The highest BCUT2D eigenvalue weighted by molar-refractivity contribution is 6.05. The van der Waals surface area contributed by atoms with Gasteiger partial charge in [-0.2, -0.15) is 0 Å². The first kappa shape index (κ1) is 25.2. The van der Waals surface area contributed by atoms with E-state index in [1.807, 2.05) is 72.8 Å². The van der Waals surface area contributed by atoms with Crippen molar-refractivity contribution in [2.45, 2.75) is 63.6 Å². The van der Waals surface area contributed by atoms with Crippen LogP contribution in [0.3, 0.4) is 0 Å². The number of ether oxygens (including phenoxy) is 2. The van der Waals surface area contributed by atoms with Gasteiger partial charge in [0.2, 0.25) is 0 Å². The van der Waals surface area contributed by atoms with Crippen LogP contribution in [-0.2, 0) is 0 Å². The van der Waals surface area contributed by atoms with Crippen LogP contribution in [0, 0.1) is 0 Å². The molecular formula is C35H35NO3. The SMILES string of the molecule is O=C(Nc1ccc(OC2CCCC2)c(-c2ccccc2)c1)c1ccc(OC2CCCC2)c(-c2ccccc2)c1. The molecule has 6 rings (SSSR count). The summed E-state index contributed by atoms with van der Waals surface area (Å²) in [5, 5.41) is 3.13. The first-order valence-corrected chi connectivity index (χ1v) is 14.3. The molecule has 0 aromatic heterocycles. The van der Waals surface area contributed by atoms with Crippen molar-refractivity contribution >= 4 is 11.6 Å². The van der Waals surface area contributed by atoms with Crippen molar-refractivity contribution in [3.63, 3.8) is 0 Å². The van der Waals surface area contributed by atoms with Crippen LogP contribution >= 0.6 is 0 Å². The molecule has 0 saturated heterocycles. The second-order valence-electron chi connectivity index (χ2n) is 10.7. The Balaban J connectivity index is 1.27. The molecule has 4 aromatic carbocycles. The number of amides is 1. The van der Waals surface area contributed by atoms with E-state index < -0.39 is 0 Å². The lowest BCUT2D eigenvalue weighted by Crippen LogP contribution is -2.14. The van der Waals surface area contributed by atoms with E-state index in [1.165, 1.54) is 25.7 Å². The monoisotopic (exact) mass is 517 g/mol. The van der Waals surface area contributed by atoms with Crippen molar-refractivity contribution in [3.05, 3.63) is 103 Å². The number of hydrogen-bond acceptors (Lipinski definition) is 3. The average Bonchev–Trinajstić information content (AvgIpc) is 3.70. The summed E-state index contributed by atoms with van der Waals surface area (Å²) >= 11 is 0. The fourth-order valence-electron chi connectivity index (χ4n) is 5.75. The Kier molecular flexibility index (Phi) is 7.62. The molecule has 2 aliphatic carbocycles. The Morgan fingerprint density at radius 3 is 1.62 bits per heavy atom. The lowest BCUT2D eigenvalue weighted by molar-refractivity contribution is 0.102. The van der Waals surface area contributed by atoms with Gasteiger partial charge in [0.1, 0.15) is 11.5 Å². The van der Waals surface area contributed by atoms with Crippen molar-refractivity contribution in [1.82, 2.24) is 0 Å². The molecule has 1 amide bonds. The molecule has 4 heteroatoms. The van der Waals surface area contributed by atoms with E-state index in [-0.39, 0.29) is 18.1 Å². The zero-order valence-corrected chi connectivity index (χ0v) is 22.3. The number of carbonyl (C=O) groups excluding carboxylic acids is 1. The molecule has 1 N–H and O–H groups in total. The third-order valence-electron chi connectivity index (χ3n) is 7.84. The van der Waals surface area contributed by atoms with E-state index >= 15 is 0 Å². The summed E-state index contributed by atoms with van der Waals surface area (Å²) in [4.78, 5) is 13.5. The van der Waals surface area contributed by atoms with Crippen molar-refractivity contribution < 1.29 is 14.3 Å². The molecule has 2 saturated carbocycles. The summed E-state index contributed by atoms with van der Waals surface area (Å²) in [7, 11) is 0. The smallest absolute Gasteiger partial charge is 0.255 e. The van der Waals surface area contributed by atoms with Crippen molar-refractivity contribution in [1.29, 1.82) is 0 Å². The normalized spacial score (nSPS) is 15.8. The fraction of sp³-hybridized carbons (Fsp3) is 0.286. The lowest BCUT2D eigenvalue weighted by Gasteiger charge is -2.19. The largest absolute Gasteiger partial charge is 0.490 e. The Hall–Kier alpha value is -4.05. The highest BCUT2D eigenvalue weighted by Gasteiger charge is 2.21.